The van der Waals surface area contributed by atoms with Crippen molar-refractivity contribution in [2.24, 2.45) is 0 Å². The molecule has 0 amide bonds. The van der Waals surface area contributed by atoms with Gasteiger partial charge < -0.3 is 4.90 Å². The van der Waals surface area contributed by atoms with Gasteiger partial charge in [-0.15, -0.1) is 22.9 Å². The Balaban J connectivity index is 2.31. The molecule has 0 aromatic carbocycles. The van der Waals surface area contributed by atoms with Gasteiger partial charge in [0.1, 0.15) is 0 Å². The van der Waals surface area contributed by atoms with E-state index in [1.54, 1.807) is 11.3 Å². The molecule has 0 bridgehead atoms. The SMILES string of the molecule is CN(CCCl)Cc1cncs1. The predicted molar refractivity (Wildman–Crippen MR) is 49.2 cm³/mol. The molecule has 0 aliphatic heterocycles. The molecular weight excluding hydrogens is 180 g/mol. The van der Waals surface area contributed by atoms with Crippen LogP contribution in [-0.2, 0) is 6.54 Å². The van der Waals surface area contributed by atoms with E-state index < -0.39 is 0 Å². The zero-order chi connectivity index (χ0) is 8.10. The summed E-state index contributed by atoms with van der Waals surface area (Å²) in [4.78, 5) is 7.46. The van der Waals surface area contributed by atoms with Crippen molar-refractivity contribution in [3.63, 3.8) is 0 Å². The van der Waals surface area contributed by atoms with Crippen LogP contribution in [0.1, 0.15) is 4.88 Å². The van der Waals surface area contributed by atoms with Crippen LogP contribution in [0.2, 0.25) is 0 Å². The van der Waals surface area contributed by atoms with E-state index in [1.807, 2.05) is 11.7 Å². The Labute approximate surface area is 75.8 Å². The van der Waals surface area contributed by atoms with Crippen molar-refractivity contribution in [2.75, 3.05) is 19.5 Å². The Morgan fingerprint density at radius 1 is 1.73 bits per heavy atom. The van der Waals surface area contributed by atoms with Gasteiger partial charge in [0.15, 0.2) is 0 Å². The van der Waals surface area contributed by atoms with Gasteiger partial charge in [-0.1, -0.05) is 0 Å². The summed E-state index contributed by atoms with van der Waals surface area (Å²) >= 11 is 7.26. The Hall–Kier alpha value is -0.120. The molecule has 0 fully saturated rings. The highest BCUT2D eigenvalue weighted by molar-refractivity contribution is 7.09. The van der Waals surface area contributed by atoms with Crippen LogP contribution in [0.4, 0.5) is 0 Å². The molecule has 0 saturated heterocycles. The Bertz CT molecular complexity index is 188. The van der Waals surface area contributed by atoms with Crippen molar-refractivity contribution in [2.45, 2.75) is 6.54 Å². The Kier molecular flexibility index (Phi) is 3.83. The number of aromatic nitrogens is 1. The zero-order valence-electron chi connectivity index (χ0n) is 6.46. The van der Waals surface area contributed by atoms with Crippen LogP contribution < -0.4 is 0 Å². The Morgan fingerprint density at radius 3 is 3.09 bits per heavy atom. The quantitative estimate of drug-likeness (QED) is 0.674. The molecule has 0 radical (unpaired) electrons. The van der Waals surface area contributed by atoms with E-state index in [0.717, 1.165) is 13.1 Å². The van der Waals surface area contributed by atoms with Crippen LogP contribution in [0.25, 0.3) is 0 Å². The van der Waals surface area contributed by atoms with Crippen LogP contribution in [-0.4, -0.2) is 29.4 Å². The highest BCUT2D eigenvalue weighted by Gasteiger charge is 1.99. The minimum Gasteiger partial charge on any atom is -0.300 e. The van der Waals surface area contributed by atoms with Gasteiger partial charge in [0.2, 0.25) is 0 Å². The molecule has 0 aliphatic rings. The maximum absolute atomic E-state index is 5.58. The van der Waals surface area contributed by atoms with Crippen LogP contribution in [0, 0.1) is 0 Å². The van der Waals surface area contributed by atoms with Gasteiger partial charge in [-0.3, -0.25) is 4.98 Å². The highest BCUT2D eigenvalue weighted by Crippen LogP contribution is 2.07. The van der Waals surface area contributed by atoms with Gasteiger partial charge in [-0.05, 0) is 7.05 Å². The van der Waals surface area contributed by atoms with E-state index in [4.69, 9.17) is 11.6 Å². The summed E-state index contributed by atoms with van der Waals surface area (Å²) in [7, 11) is 2.06. The van der Waals surface area contributed by atoms with Gasteiger partial charge in [-0.25, -0.2) is 0 Å². The molecule has 1 rings (SSSR count). The lowest BCUT2D eigenvalue weighted by Gasteiger charge is -2.12. The summed E-state index contributed by atoms with van der Waals surface area (Å²) in [5, 5.41) is 0. The van der Waals surface area contributed by atoms with Crippen LogP contribution in [0.3, 0.4) is 0 Å². The molecule has 1 heterocycles. The molecule has 2 nitrogen and oxygen atoms in total. The number of nitrogens with zero attached hydrogens (tertiary/aromatic N) is 2. The first-order valence-electron chi connectivity index (χ1n) is 3.45. The molecule has 0 spiro atoms. The molecule has 0 aliphatic carbocycles. The third-order valence-corrected chi connectivity index (χ3v) is 2.31. The van der Waals surface area contributed by atoms with Crippen molar-refractivity contribution >= 4 is 22.9 Å². The molecule has 0 N–H and O–H groups in total. The lowest BCUT2D eigenvalue weighted by atomic mass is 10.5. The summed E-state index contributed by atoms with van der Waals surface area (Å²) in [6, 6.07) is 0. The molecule has 4 heteroatoms. The van der Waals surface area contributed by atoms with E-state index in [-0.39, 0.29) is 0 Å². The van der Waals surface area contributed by atoms with E-state index in [9.17, 15) is 0 Å². The predicted octanol–water partition coefficient (Wildman–Crippen LogP) is 1.81. The van der Waals surface area contributed by atoms with Gasteiger partial charge in [0.05, 0.1) is 5.51 Å². The van der Waals surface area contributed by atoms with Crippen LogP contribution >= 0.6 is 22.9 Å². The highest BCUT2D eigenvalue weighted by atomic mass is 35.5. The van der Waals surface area contributed by atoms with Crippen LogP contribution in [0.5, 0.6) is 0 Å². The van der Waals surface area contributed by atoms with Crippen molar-refractivity contribution in [1.29, 1.82) is 0 Å². The second-order valence-corrected chi connectivity index (χ2v) is 3.74. The molecule has 1 aromatic heterocycles. The van der Waals surface area contributed by atoms with E-state index in [0.29, 0.717) is 5.88 Å². The minimum absolute atomic E-state index is 0.690. The first-order valence-corrected chi connectivity index (χ1v) is 4.86. The van der Waals surface area contributed by atoms with Gasteiger partial charge >= 0.3 is 0 Å². The maximum Gasteiger partial charge on any atom is 0.0794 e. The fourth-order valence-electron chi connectivity index (χ4n) is 0.810. The largest absolute Gasteiger partial charge is 0.300 e. The lowest BCUT2D eigenvalue weighted by Crippen LogP contribution is -2.19. The molecular formula is C7H11ClN2S. The normalized spacial score (nSPS) is 10.8. The third-order valence-electron chi connectivity index (χ3n) is 1.38. The smallest absolute Gasteiger partial charge is 0.0794 e. The molecule has 62 valence electrons. The number of hydrogen-bond donors (Lipinski definition) is 0. The number of halogens is 1. The molecule has 0 saturated carbocycles. The fraction of sp³-hybridized carbons (Fsp3) is 0.571. The van der Waals surface area contributed by atoms with Gasteiger partial charge in [-0.2, -0.15) is 0 Å². The molecule has 1 aromatic rings. The maximum atomic E-state index is 5.58. The number of alkyl halides is 1. The number of thiazole rings is 1. The topological polar surface area (TPSA) is 16.1 Å². The molecule has 0 atom stereocenters. The lowest BCUT2D eigenvalue weighted by molar-refractivity contribution is 0.351. The third kappa shape index (κ3) is 3.18. The molecule has 0 unspecified atom stereocenters. The summed E-state index contributed by atoms with van der Waals surface area (Å²) in [6.45, 7) is 1.89. The standard InChI is InChI=1S/C7H11ClN2S/c1-10(3-2-8)5-7-4-9-6-11-7/h4,6H,2-3,5H2,1H3. The van der Waals surface area contributed by atoms with E-state index in [1.165, 1.54) is 4.88 Å². The average molecular weight is 191 g/mol. The number of hydrogen-bond acceptors (Lipinski definition) is 3. The second-order valence-electron chi connectivity index (χ2n) is 2.39. The number of rotatable bonds is 4. The van der Waals surface area contributed by atoms with E-state index >= 15 is 0 Å². The average Bonchev–Trinajstić information content (AvgIpc) is 2.40. The van der Waals surface area contributed by atoms with Crippen molar-refractivity contribution in [1.82, 2.24) is 9.88 Å². The van der Waals surface area contributed by atoms with E-state index in [2.05, 4.69) is 16.9 Å². The van der Waals surface area contributed by atoms with Crippen LogP contribution in [0.15, 0.2) is 11.7 Å². The first kappa shape index (κ1) is 8.97. The molecule has 11 heavy (non-hydrogen) atoms. The summed E-state index contributed by atoms with van der Waals surface area (Å²) in [5.74, 6) is 0.690. The summed E-state index contributed by atoms with van der Waals surface area (Å²) < 4.78 is 0. The monoisotopic (exact) mass is 190 g/mol. The first-order chi connectivity index (χ1) is 5.33. The van der Waals surface area contributed by atoms with Crippen molar-refractivity contribution < 1.29 is 0 Å². The van der Waals surface area contributed by atoms with Crippen molar-refractivity contribution in [3.8, 4) is 0 Å². The summed E-state index contributed by atoms with van der Waals surface area (Å²) in [5.41, 5.74) is 1.85. The Morgan fingerprint density at radius 2 is 2.55 bits per heavy atom. The zero-order valence-corrected chi connectivity index (χ0v) is 8.03. The second kappa shape index (κ2) is 4.70. The van der Waals surface area contributed by atoms with Gasteiger partial charge in [0, 0.05) is 30.0 Å². The fourth-order valence-corrected chi connectivity index (χ4v) is 1.77. The summed E-state index contributed by atoms with van der Waals surface area (Å²) in [6.07, 6.45) is 1.90. The van der Waals surface area contributed by atoms with Crippen molar-refractivity contribution in [3.05, 3.63) is 16.6 Å². The van der Waals surface area contributed by atoms with Gasteiger partial charge in [0.25, 0.3) is 0 Å². The minimum atomic E-state index is 0.690.